The van der Waals surface area contributed by atoms with Gasteiger partial charge in [-0.3, -0.25) is 0 Å². The normalized spacial score (nSPS) is 6.00. The summed E-state index contributed by atoms with van der Waals surface area (Å²) >= 11 is 0.432. The summed E-state index contributed by atoms with van der Waals surface area (Å²) in [4.78, 5) is 8.00. The van der Waals surface area contributed by atoms with Crippen molar-refractivity contribution in [2.24, 2.45) is 0 Å². The van der Waals surface area contributed by atoms with Crippen molar-refractivity contribution in [1.82, 2.24) is 0 Å². The predicted molar refractivity (Wildman–Crippen MR) is 35.2 cm³/mol. The lowest BCUT2D eigenvalue weighted by Crippen LogP contribution is -1.76. The SMILES string of the molecule is C=O.C[CH2][AlH][CH2]C. The van der Waals surface area contributed by atoms with Gasteiger partial charge in [0, 0.05) is 0 Å². The van der Waals surface area contributed by atoms with Crippen molar-refractivity contribution >= 4 is 22.0 Å². The Bertz CT molecular complexity index is 22.0. The first-order valence-corrected chi connectivity index (χ1v) is 4.70. The summed E-state index contributed by atoms with van der Waals surface area (Å²) in [5.74, 6) is 0. The Hall–Kier alpha value is 0.202. The molecule has 0 aromatic rings. The molecule has 0 radical (unpaired) electrons. The van der Waals surface area contributed by atoms with Crippen LogP contribution >= 0.6 is 0 Å². The van der Waals surface area contributed by atoms with Crippen LogP contribution in [0.25, 0.3) is 0 Å². The van der Waals surface area contributed by atoms with Gasteiger partial charge in [0.05, 0.1) is 0 Å². The van der Waals surface area contributed by atoms with E-state index < -0.39 is 0 Å². The van der Waals surface area contributed by atoms with Crippen molar-refractivity contribution in [3.05, 3.63) is 0 Å². The van der Waals surface area contributed by atoms with E-state index in [0.29, 0.717) is 15.2 Å². The zero-order valence-electron chi connectivity index (χ0n) is 5.24. The van der Waals surface area contributed by atoms with Crippen LogP contribution in [0.1, 0.15) is 13.8 Å². The van der Waals surface area contributed by atoms with Crippen LogP contribution in [-0.2, 0) is 4.79 Å². The minimum atomic E-state index is 0.432. The minimum absolute atomic E-state index is 0.432. The van der Waals surface area contributed by atoms with Gasteiger partial charge in [-0.2, -0.15) is 0 Å². The van der Waals surface area contributed by atoms with Crippen molar-refractivity contribution in [2.45, 2.75) is 24.4 Å². The van der Waals surface area contributed by atoms with Gasteiger partial charge < -0.3 is 4.79 Å². The summed E-state index contributed by atoms with van der Waals surface area (Å²) in [5, 5.41) is 2.97. The molecule has 0 atom stereocenters. The highest BCUT2D eigenvalue weighted by Gasteiger charge is 1.76. The van der Waals surface area contributed by atoms with Crippen LogP contribution in [0.15, 0.2) is 0 Å². The monoisotopic (exact) mass is 116 g/mol. The first kappa shape index (κ1) is 10.2. The molecule has 0 fully saturated rings. The van der Waals surface area contributed by atoms with Crippen LogP contribution < -0.4 is 0 Å². The number of rotatable bonds is 2. The summed E-state index contributed by atoms with van der Waals surface area (Å²) in [5.41, 5.74) is 0. The van der Waals surface area contributed by atoms with Crippen LogP contribution in [0.4, 0.5) is 0 Å². The molecule has 1 nitrogen and oxygen atoms in total. The Labute approximate surface area is 51.8 Å². The second-order valence-corrected chi connectivity index (χ2v) is 4.06. The van der Waals surface area contributed by atoms with E-state index in [1.165, 1.54) is 10.6 Å². The lowest BCUT2D eigenvalue weighted by molar-refractivity contribution is -0.0979. The van der Waals surface area contributed by atoms with Gasteiger partial charge in [0.25, 0.3) is 0 Å². The topological polar surface area (TPSA) is 17.1 Å². The van der Waals surface area contributed by atoms with Gasteiger partial charge >= 0.3 is 0 Å². The van der Waals surface area contributed by atoms with Gasteiger partial charge in [-0.15, -0.1) is 10.6 Å². The Balaban J connectivity index is 0. The maximum atomic E-state index is 8.00. The molecule has 0 aliphatic rings. The molecule has 0 heterocycles. The number of hydrogen-bond donors (Lipinski definition) is 0. The Morgan fingerprint density at radius 3 is 1.57 bits per heavy atom. The quantitative estimate of drug-likeness (QED) is 0.494. The zero-order valence-corrected chi connectivity index (χ0v) is 6.65. The molecule has 0 amide bonds. The highest BCUT2D eigenvalue weighted by atomic mass is 27.1. The Morgan fingerprint density at radius 2 is 1.57 bits per heavy atom. The fourth-order valence-electron chi connectivity index (χ4n) is 0.354. The fourth-order valence-corrected chi connectivity index (χ4v) is 1.06. The minimum Gasteiger partial charge on any atom is -0.307 e. The molecule has 42 valence electrons. The van der Waals surface area contributed by atoms with Gasteiger partial charge in [-0.1, -0.05) is 13.8 Å². The van der Waals surface area contributed by atoms with Gasteiger partial charge in [0.2, 0.25) is 15.2 Å². The van der Waals surface area contributed by atoms with E-state index in [2.05, 4.69) is 13.8 Å². The van der Waals surface area contributed by atoms with Crippen molar-refractivity contribution in [3.63, 3.8) is 0 Å². The van der Waals surface area contributed by atoms with E-state index in [-0.39, 0.29) is 0 Å². The third kappa shape index (κ3) is 22.6. The largest absolute Gasteiger partial charge is 0.307 e. The van der Waals surface area contributed by atoms with Gasteiger partial charge in [-0.25, -0.2) is 0 Å². The molecule has 0 unspecified atom stereocenters. The molecule has 0 saturated heterocycles. The summed E-state index contributed by atoms with van der Waals surface area (Å²) in [6.07, 6.45) is 0. The highest BCUT2D eigenvalue weighted by molar-refractivity contribution is 6.34. The lowest BCUT2D eigenvalue weighted by Gasteiger charge is -1.73. The first-order valence-electron chi connectivity index (χ1n) is 2.70. The smallest absolute Gasteiger partial charge is 0.236 e. The molecule has 0 aliphatic carbocycles. The summed E-state index contributed by atoms with van der Waals surface area (Å²) in [7, 11) is 0. The summed E-state index contributed by atoms with van der Waals surface area (Å²) in [6, 6.07) is 0. The fraction of sp³-hybridized carbons (Fsp3) is 0.800. The molecule has 0 rings (SSSR count). The molecule has 0 aliphatic heterocycles. The predicted octanol–water partition coefficient (Wildman–Crippen LogP) is 1.11. The van der Waals surface area contributed by atoms with Crippen LogP contribution in [-0.4, -0.2) is 22.0 Å². The van der Waals surface area contributed by atoms with Crippen molar-refractivity contribution in [3.8, 4) is 0 Å². The van der Waals surface area contributed by atoms with E-state index in [9.17, 15) is 0 Å². The molecule has 2 heteroatoms. The van der Waals surface area contributed by atoms with Gasteiger partial charge in [0.1, 0.15) is 6.79 Å². The zero-order chi connectivity index (χ0) is 6.12. The number of carbonyl (C=O) groups is 1. The molecule has 7 heavy (non-hydrogen) atoms. The van der Waals surface area contributed by atoms with Gasteiger partial charge in [-0.05, 0) is 0 Å². The van der Waals surface area contributed by atoms with E-state index in [4.69, 9.17) is 4.79 Å². The van der Waals surface area contributed by atoms with Crippen molar-refractivity contribution in [1.29, 1.82) is 0 Å². The summed E-state index contributed by atoms with van der Waals surface area (Å²) in [6.45, 7) is 6.55. The Morgan fingerprint density at radius 1 is 1.29 bits per heavy atom. The van der Waals surface area contributed by atoms with Gasteiger partial charge in [0.15, 0.2) is 0 Å². The number of hydrogen-bond acceptors (Lipinski definition) is 1. The summed E-state index contributed by atoms with van der Waals surface area (Å²) < 4.78 is 0. The molecule has 0 aromatic carbocycles. The van der Waals surface area contributed by atoms with Crippen LogP contribution in [0.3, 0.4) is 0 Å². The maximum absolute atomic E-state index is 8.00. The molecule has 0 N–H and O–H groups in total. The third-order valence-corrected chi connectivity index (χ3v) is 2.12. The maximum Gasteiger partial charge on any atom is 0.236 e. The van der Waals surface area contributed by atoms with E-state index in [0.717, 1.165) is 0 Å². The highest BCUT2D eigenvalue weighted by Crippen LogP contribution is 1.77. The number of carbonyl (C=O) groups excluding carboxylic acids is 1. The van der Waals surface area contributed by atoms with Crippen molar-refractivity contribution < 1.29 is 4.79 Å². The molecule has 0 aromatic heterocycles. The molecular weight excluding hydrogens is 103 g/mol. The van der Waals surface area contributed by atoms with E-state index in [1.54, 1.807) is 0 Å². The molecule has 0 spiro atoms. The van der Waals surface area contributed by atoms with Crippen molar-refractivity contribution in [2.75, 3.05) is 0 Å². The molecule has 0 saturated carbocycles. The van der Waals surface area contributed by atoms with Crippen LogP contribution in [0.2, 0.25) is 10.6 Å². The Kier molecular flexibility index (Phi) is 23.9. The average molecular weight is 116 g/mol. The molecular formula is C5H13AlO. The standard InChI is InChI=1S/2C2H5.CH2O.Al.H/c3*1-2;;/h2*1H2,2H3;1H2;;. The lowest BCUT2D eigenvalue weighted by atomic mass is 10.9. The molecule has 0 bridgehead atoms. The second kappa shape index (κ2) is 16.4. The van der Waals surface area contributed by atoms with E-state index >= 15 is 0 Å². The van der Waals surface area contributed by atoms with Crippen LogP contribution in [0, 0.1) is 0 Å². The average Bonchev–Trinajstić information content (AvgIpc) is 1.75. The third-order valence-electron chi connectivity index (χ3n) is 0.707. The van der Waals surface area contributed by atoms with Crippen LogP contribution in [0.5, 0.6) is 0 Å². The second-order valence-electron chi connectivity index (χ2n) is 1.35. The first-order chi connectivity index (χ1) is 3.41. The van der Waals surface area contributed by atoms with E-state index in [1.807, 2.05) is 6.79 Å².